The molecule has 0 radical (unpaired) electrons. The van der Waals surface area contributed by atoms with Crippen LogP contribution in [0.4, 0.5) is 4.79 Å². The van der Waals surface area contributed by atoms with Crippen molar-refractivity contribution in [3.63, 3.8) is 0 Å². The minimum absolute atomic E-state index is 0.000733. The van der Waals surface area contributed by atoms with Crippen LogP contribution in [0.3, 0.4) is 0 Å². The van der Waals surface area contributed by atoms with E-state index in [9.17, 15) is 9.59 Å². The monoisotopic (exact) mass is 355 g/mol. The molecule has 1 aromatic rings. The summed E-state index contributed by atoms with van der Waals surface area (Å²) in [6.45, 7) is 7.34. The van der Waals surface area contributed by atoms with Gasteiger partial charge in [-0.15, -0.1) is 0 Å². The molecule has 0 aliphatic heterocycles. The maximum absolute atomic E-state index is 12.2. The third-order valence-electron chi connectivity index (χ3n) is 2.79. The molecule has 1 rings (SSSR count). The zero-order valence-electron chi connectivity index (χ0n) is 12.9. The van der Waals surface area contributed by atoms with Crippen LogP contribution < -0.4 is 5.32 Å². The molecular weight excluding hydrogens is 334 g/mol. The lowest BCUT2D eigenvalue weighted by Crippen LogP contribution is -2.39. The average molecular weight is 356 g/mol. The Hall–Kier alpha value is -1.36. The summed E-state index contributed by atoms with van der Waals surface area (Å²) in [5, 5.41) is 2.74. The Morgan fingerprint density at radius 1 is 1.33 bits per heavy atom. The largest absolute Gasteiger partial charge is 0.444 e. The fourth-order valence-electron chi connectivity index (χ4n) is 1.78. The quantitative estimate of drug-likeness (QED) is 0.799. The van der Waals surface area contributed by atoms with Gasteiger partial charge in [-0.05, 0) is 39.3 Å². The van der Waals surface area contributed by atoms with E-state index in [1.54, 1.807) is 32.9 Å². The van der Waals surface area contributed by atoms with Crippen molar-refractivity contribution < 1.29 is 14.3 Å². The van der Waals surface area contributed by atoms with Gasteiger partial charge in [-0.1, -0.05) is 35.0 Å². The molecule has 0 aromatic heterocycles. The molecule has 0 aliphatic rings. The minimum atomic E-state index is -0.545. The number of rotatable bonds is 5. The maximum atomic E-state index is 12.2. The predicted octanol–water partition coefficient (Wildman–Crippen LogP) is 4.33. The van der Waals surface area contributed by atoms with E-state index in [4.69, 9.17) is 4.74 Å². The van der Waals surface area contributed by atoms with Crippen LogP contribution in [-0.4, -0.2) is 23.5 Å². The lowest BCUT2D eigenvalue weighted by Gasteiger charge is -2.22. The number of benzene rings is 1. The van der Waals surface area contributed by atoms with E-state index in [0.717, 1.165) is 4.47 Å². The van der Waals surface area contributed by atoms with Crippen molar-refractivity contribution in [2.24, 2.45) is 0 Å². The molecule has 1 atom stereocenters. The Morgan fingerprint density at radius 2 is 2.00 bits per heavy atom. The second-order valence-electron chi connectivity index (χ2n) is 5.89. The number of nitrogens with one attached hydrogen (secondary N) is 1. The van der Waals surface area contributed by atoms with Crippen LogP contribution in [0.25, 0.3) is 0 Å². The number of halogens is 1. The minimum Gasteiger partial charge on any atom is -0.444 e. The second-order valence-corrected chi connectivity index (χ2v) is 6.80. The molecule has 1 amide bonds. The van der Waals surface area contributed by atoms with Gasteiger partial charge >= 0.3 is 6.09 Å². The lowest BCUT2D eigenvalue weighted by atomic mass is 10.0. The molecule has 116 valence electrons. The highest BCUT2D eigenvalue weighted by atomic mass is 79.9. The zero-order valence-corrected chi connectivity index (χ0v) is 14.5. The van der Waals surface area contributed by atoms with E-state index in [1.165, 1.54) is 0 Å². The Balaban J connectivity index is 2.62. The summed E-state index contributed by atoms with van der Waals surface area (Å²) in [5.41, 5.74) is 0.0882. The van der Waals surface area contributed by atoms with Gasteiger partial charge in [-0.3, -0.25) is 4.79 Å². The second kappa shape index (κ2) is 7.59. The van der Waals surface area contributed by atoms with Crippen molar-refractivity contribution in [3.8, 4) is 0 Å². The summed E-state index contributed by atoms with van der Waals surface area (Å²) in [6.07, 6.45) is 0.432. The van der Waals surface area contributed by atoms with Gasteiger partial charge in [-0.2, -0.15) is 0 Å². The van der Waals surface area contributed by atoms with E-state index in [0.29, 0.717) is 12.0 Å². The summed E-state index contributed by atoms with van der Waals surface area (Å²) in [6, 6.07) is 7.01. The average Bonchev–Trinajstić information content (AvgIpc) is 2.35. The maximum Gasteiger partial charge on any atom is 0.407 e. The highest BCUT2D eigenvalue weighted by Gasteiger charge is 2.20. The molecule has 0 heterocycles. The van der Waals surface area contributed by atoms with Gasteiger partial charge in [0.15, 0.2) is 5.78 Å². The third kappa shape index (κ3) is 6.76. The van der Waals surface area contributed by atoms with Gasteiger partial charge in [0.1, 0.15) is 5.60 Å². The van der Waals surface area contributed by atoms with Crippen molar-refractivity contribution in [2.45, 2.75) is 52.2 Å². The topological polar surface area (TPSA) is 55.4 Å². The number of ether oxygens (including phenoxy) is 1. The van der Waals surface area contributed by atoms with Crippen LogP contribution in [0.5, 0.6) is 0 Å². The predicted molar refractivity (Wildman–Crippen MR) is 86.5 cm³/mol. The van der Waals surface area contributed by atoms with Crippen LogP contribution in [-0.2, 0) is 4.74 Å². The van der Waals surface area contributed by atoms with Crippen LogP contribution in [0.2, 0.25) is 0 Å². The van der Waals surface area contributed by atoms with Crippen LogP contribution in [0.15, 0.2) is 28.7 Å². The van der Waals surface area contributed by atoms with Gasteiger partial charge in [0, 0.05) is 22.5 Å². The van der Waals surface area contributed by atoms with Crippen LogP contribution in [0.1, 0.15) is 50.9 Å². The molecule has 0 fully saturated rings. The highest BCUT2D eigenvalue weighted by molar-refractivity contribution is 9.10. The smallest absolute Gasteiger partial charge is 0.407 e. The van der Waals surface area contributed by atoms with Crippen molar-refractivity contribution in [2.75, 3.05) is 0 Å². The zero-order chi connectivity index (χ0) is 16.0. The molecule has 21 heavy (non-hydrogen) atoms. The van der Waals surface area contributed by atoms with Crippen molar-refractivity contribution >= 4 is 27.8 Å². The van der Waals surface area contributed by atoms with Crippen molar-refractivity contribution in [1.29, 1.82) is 0 Å². The summed E-state index contributed by atoms with van der Waals surface area (Å²) in [4.78, 5) is 24.0. The van der Waals surface area contributed by atoms with Gasteiger partial charge in [-0.25, -0.2) is 4.79 Å². The van der Waals surface area contributed by atoms with Crippen LogP contribution >= 0.6 is 15.9 Å². The molecule has 1 aromatic carbocycles. The molecule has 5 heteroatoms. The number of carbonyl (C=O) groups excluding carboxylic acids is 2. The normalized spacial score (nSPS) is 12.6. The van der Waals surface area contributed by atoms with E-state index in [2.05, 4.69) is 21.2 Å². The van der Waals surface area contributed by atoms with Gasteiger partial charge < -0.3 is 10.1 Å². The Labute approximate surface area is 134 Å². The molecule has 4 nitrogen and oxygen atoms in total. The molecule has 0 spiro atoms. The first-order valence-electron chi connectivity index (χ1n) is 6.99. The number of amides is 1. The Morgan fingerprint density at radius 3 is 2.52 bits per heavy atom. The fraction of sp³-hybridized carbons (Fsp3) is 0.500. The Kier molecular flexibility index (Phi) is 6.40. The summed E-state index contributed by atoms with van der Waals surface area (Å²) >= 11 is 3.35. The summed E-state index contributed by atoms with van der Waals surface area (Å²) in [7, 11) is 0. The molecular formula is C16H22BrNO3. The Bertz CT molecular complexity index is 508. The molecule has 0 bridgehead atoms. The number of hydrogen-bond acceptors (Lipinski definition) is 3. The molecule has 0 saturated heterocycles. The molecule has 0 saturated carbocycles. The highest BCUT2D eigenvalue weighted by Crippen LogP contribution is 2.15. The first-order chi connectivity index (χ1) is 9.71. The number of ketones is 1. The first-order valence-corrected chi connectivity index (χ1v) is 7.79. The summed E-state index contributed by atoms with van der Waals surface area (Å²) < 4.78 is 6.07. The SMILES string of the molecule is CCC(CC(=O)c1cccc(Br)c1)NC(=O)OC(C)(C)C. The van der Waals surface area contributed by atoms with E-state index in [1.807, 2.05) is 19.1 Å². The number of Topliss-reactive ketones (excluding diaryl/α,β-unsaturated/α-hetero) is 1. The van der Waals surface area contributed by atoms with E-state index < -0.39 is 11.7 Å². The van der Waals surface area contributed by atoms with E-state index >= 15 is 0 Å². The van der Waals surface area contributed by atoms with Gasteiger partial charge in [0.25, 0.3) is 0 Å². The number of carbonyl (C=O) groups is 2. The van der Waals surface area contributed by atoms with Gasteiger partial charge in [0.2, 0.25) is 0 Å². The lowest BCUT2D eigenvalue weighted by molar-refractivity contribution is 0.0500. The first kappa shape index (κ1) is 17.7. The van der Waals surface area contributed by atoms with E-state index in [-0.39, 0.29) is 18.2 Å². The molecule has 1 N–H and O–H groups in total. The van der Waals surface area contributed by atoms with Crippen LogP contribution in [0, 0.1) is 0 Å². The number of alkyl carbamates (subject to hydrolysis) is 1. The summed E-state index contributed by atoms with van der Waals surface area (Å²) in [5.74, 6) is -0.000733. The standard InChI is InChI=1S/C16H22BrNO3/c1-5-13(18-15(20)21-16(2,3)4)10-14(19)11-7-6-8-12(17)9-11/h6-9,13H,5,10H2,1-4H3,(H,18,20). The number of hydrogen-bond donors (Lipinski definition) is 1. The third-order valence-corrected chi connectivity index (χ3v) is 3.29. The fourth-order valence-corrected chi connectivity index (χ4v) is 2.17. The molecule has 1 unspecified atom stereocenters. The van der Waals surface area contributed by atoms with Crippen molar-refractivity contribution in [1.82, 2.24) is 5.32 Å². The van der Waals surface area contributed by atoms with Gasteiger partial charge in [0.05, 0.1) is 0 Å². The molecule has 0 aliphatic carbocycles. The van der Waals surface area contributed by atoms with Crippen molar-refractivity contribution in [3.05, 3.63) is 34.3 Å².